The molecule has 1 nitrogen and oxygen atoms in total. The lowest BCUT2D eigenvalue weighted by Crippen LogP contribution is -2.32. The second kappa shape index (κ2) is 7.42. The van der Waals surface area contributed by atoms with Crippen LogP contribution in [0.5, 0.6) is 0 Å². The van der Waals surface area contributed by atoms with Crippen molar-refractivity contribution in [2.45, 2.75) is 83.7 Å². The smallest absolute Gasteiger partial charge is 0.248 e. The van der Waals surface area contributed by atoms with E-state index in [9.17, 15) is 13.9 Å². The monoisotopic (exact) mass is 262 g/mol. The van der Waals surface area contributed by atoms with E-state index in [1.165, 1.54) is 12.8 Å². The van der Waals surface area contributed by atoms with E-state index in [4.69, 9.17) is 0 Å². The molecule has 0 spiro atoms. The van der Waals surface area contributed by atoms with Gasteiger partial charge >= 0.3 is 0 Å². The van der Waals surface area contributed by atoms with E-state index < -0.39 is 5.92 Å². The molecule has 1 aliphatic rings. The van der Waals surface area contributed by atoms with Crippen molar-refractivity contribution < 1.29 is 13.9 Å². The zero-order chi connectivity index (χ0) is 13.6. The Hall–Kier alpha value is -0.180. The number of alkyl halides is 2. The van der Waals surface area contributed by atoms with Crippen LogP contribution in [0.25, 0.3) is 0 Å². The Morgan fingerprint density at radius 1 is 1.22 bits per heavy atom. The standard InChI is InChI=1S/C15H28F2O/c1-3-5-6-12(4-2)11-14(18)13-7-9-15(16,17)10-8-13/h12-14,18H,3-11H2,1-2H3. The van der Waals surface area contributed by atoms with Crippen LogP contribution in [0.15, 0.2) is 0 Å². The van der Waals surface area contributed by atoms with Gasteiger partial charge in [0.25, 0.3) is 0 Å². The van der Waals surface area contributed by atoms with Crippen LogP contribution in [0.2, 0.25) is 0 Å². The number of hydrogen-bond acceptors (Lipinski definition) is 1. The molecule has 0 aromatic rings. The molecule has 3 heteroatoms. The van der Waals surface area contributed by atoms with Gasteiger partial charge in [-0.15, -0.1) is 0 Å². The van der Waals surface area contributed by atoms with Gasteiger partial charge < -0.3 is 5.11 Å². The highest BCUT2D eigenvalue weighted by atomic mass is 19.3. The van der Waals surface area contributed by atoms with Gasteiger partial charge in [-0.05, 0) is 31.1 Å². The highest BCUT2D eigenvalue weighted by Gasteiger charge is 2.37. The van der Waals surface area contributed by atoms with E-state index in [1.807, 2.05) is 0 Å². The van der Waals surface area contributed by atoms with Crippen LogP contribution in [-0.4, -0.2) is 17.1 Å². The number of rotatable bonds is 7. The van der Waals surface area contributed by atoms with Gasteiger partial charge in [0.05, 0.1) is 6.10 Å². The van der Waals surface area contributed by atoms with E-state index in [1.54, 1.807) is 0 Å². The minimum absolute atomic E-state index is 0.0412. The largest absolute Gasteiger partial charge is 0.393 e. The Kier molecular flexibility index (Phi) is 6.54. The molecule has 0 aromatic carbocycles. The quantitative estimate of drug-likeness (QED) is 0.700. The summed E-state index contributed by atoms with van der Waals surface area (Å²) in [7, 11) is 0. The first-order valence-corrected chi connectivity index (χ1v) is 7.54. The minimum Gasteiger partial charge on any atom is -0.393 e. The van der Waals surface area contributed by atoms with Gasteiger partial charge in [0, 0.05) is 12.8 Å². The van der Waals surface area contributed by atoms with Crippen LogP contribution < -0.4 is 0 Å². The van der Waals surface area contributed by atoms with Crippen LogP contribution in [0.3, 0.4) is 0 Å². The topological polar surface area (TPSA) is 20.2 Å². The van der Waals surface area contributed by atoms with Crippen LogP contribution >= 0.6 is 0 Å². The molecule has 0 aromatic heterocycles. The summed E-state index contributed by atoms with van der Waals surface area (Å²) in [4.78, 5) is 0. The Balaban J connectivity index is 2.33. The summed E-state index contributed by atoms with van der Waals surface area (Å²) in [6.45, 7) is 4.33. The molecule has 1 N–H and O–H groups in total. The summed E-state index contributed by atoms with van der Waals surface area (Å²) in [6.07, 6.45) is 5.94. The summed E-state index contributed by atoms with van der Waals surface area (Å²) >= 11 is 0. The normalized spacial score (nSPS) is 23.8. The van der Waals surface area contributed by atoms with Crippen molar-refractivity contribution in [2.24, 2.45) is 11.8 Å². The molecule has 0 bridgehead atoms. The maximum absolute atomic E-state index is 13.1. The maximum Gasteiger partial charge on any atom is 0.248 e. The van der Waals surface area contributed by atoms with Crippen molar-refractivity contribution in [1.82, 2.24) is 0 Å². The van der Waals surface area contributed by atoms with E-state index in [2.05, 4.69) is 13.8 Å². The van der Waals surface area contributed by atoms with Crippen molar-refractivity contribution >= 4 is 0 Å². The third-order valence-electron chi connectivity index (χ3n) is 4.42. The molecule has 1 fully saturated rings. The third-order valence-corrected chi connectivity index (χ3v) is 4.42. The van der Waals surface area contributed by atoms with Crippen LogP contribution in [-0.2, 0) is 0 Å². The lowest BCUT2D eigenvalue weighted by atomic mass is 9.79. The second-order valence-corrected chi connectivity index (χ2v) is 5.91. The number of hydrogen-bond donors (Lipinski definition) is 1. The summed E-state index contributed by atoms with van der Waals surface area (Å²) in [5.74, 6) is -1.83. The number of unbranched alkanes of at least 4 members (excludes halogenated alkanes) is 1. The summed E-state index contributed by atoms with van der Waals surface area (Å²) < 4.78 is 26.1. The number of aliphatic hydroxyl groups excluding tert-OH is 1. The Labute approximate surface area is 110 Å². The fourth-order valence-electron chi connectivity index (χ4n) is 2.96. The Morgan fingerprint density at radius 3 is 2.33 bits per heavy atom. The number of aliphatic hydroxyl groups is 1. The van der Waals surface area contributed by atoms with Gasteiger partial charge in [-0.25, -0.2) is 8.78 Å². The first-order chi connectivity index (χ1) is 8.48. The third kappa shape index (κ3) is 5.21. The average Bonchev–Trinajstić information content (AvgIpc) is 2.34. The van der Waals surface area contributed by atoms with E-state index in [0.29, 0.717) is 18.8 Å². The van der Waals surface area contributed by atoms with Gasteiger partial charge in [-0.3, -0.25) is 0 Å². The van der Waals surface area contributed by atoms with E-state index >= 15 is 0 Å². The van der Waals surface area contributed by atoms with Gasteiger partial charge in [0.1, 0.15) is 0 Å². The molecule has 2 atom stereocenters. The van der Waals surface area contributed by atoms with E-state index in [-0.39, 0.29) is 24.9 Å². The van der Waals surface area contributed by atoms with Crippen LogP contribution in [0, 0.1) is 11.8 Å². The van der Waals surface area contributed by atoms with Gasteiger partial charge in [-0.2, -0.15) is 0 Å². The van der Waals surface area contributed by atoms with E-state index in [0.717, 1.165) is 19.3 Å². The molecule has 1 saturated carbocycles. The van der Waals surface area contributed by atoms with Crippen molar-refractivity contribution in [3.8, 4) is 0 Å². The van der Waals surface area contributed by atoms with Gasteiger partial charge in [-0.1, -0.05) is 39.5 Å². The summed E-state index contributed by atoms with van der Waals surface area (Å²) in [5.41, 5.74) is 0. The zero-order valence-corrected chi connectivity index (χ0v) is 11.8. The summed E-state index contributed by atoms with van der Waals surface area (Å²) in [5, 5.41) is 10.2. The molecule has 0 heterocycles. The summed E-state index contributed by atoms with van der Waals surface area (Å²) in [6, 6.07) is 0. The highest BCUT2D eigenvalue weighted by molar-refractivity contribution is 4.82. The lowest BCUT2D eigenvalue weighted by molar-refractivity contribution is -0.0648. The molecule has 0 amide bonds. The zero-order valence-electron chi connectivity index (χ0n) is 11.8. The predicted molar refractivity (Wildman–Crippen MR) is 70.8 cm³/mol. The molecule has 1 rings (SSSR count). The van der Waals surface area contributed by atoms with Crippen LogP contribution in [0.1, 0.15) is 71.6 Å². The fourth-order valence-corrected chi connectivity index (χ4v) is 2.96. The van der Waals surface area contributed by atoms with Crippen molar-refractivity contribution in [2.75, 3.05) is 0 Å². The number of halogens is 2. The molecule has 0 radical (unpaired) electrons. The molecule has 2 unspecified atom stereocenters. The minimum atomic E-state index is -2.48. The Morgan fingerprint density at radius 2 is 1.83 bits per heavy atom. The second-order valence-electron chi connectivity index (χ2n) is 5.91. The molecule has 0 aliphatic heterocycles. The van der Waals surface area contributed by atoms with Gasteiger partial charge in [0.2, 0.25) is 5.92 Å². The van der Waals surface area contributed by atoms with Crippen molar-refractivity contribution in [3.63, 3.8) is 0 Å². The SMILES string of the molecule is CCCCC(CC)CC(O)C1CCC(F)(F)CC1. The molecule has 108 valence electrons. The fraction of sp³-hybridized carbons (Fsp3) is 1.00. The molecular formula is C15H28F2O. The molecule has 1 aliphatic carbocycles. The van der Waals surface area contributed by atoms with Gasteiger partial charge in [0.15, 0.2) is 0 Å². The van der Waals surface area contributed by atoms with Crippen LogP contribution in [0.4, 0.5) is 8.78 Å². The maximum atomic E-state index is 13.1. The average molecular weight is 262 g/mol. The Bertz CT molecular complexity index is 221. The predicted octanol–water partition coefficient (Wildman–Crippen LogP) is 4.78. The van der Waals surface area contributed by atoms with Crippen molar-refractivity contribution in [3.05, 3.63) is 0 Å². The molecule has 18 heavy (non-hydrogen) atoms. The van der Waals surface area contributed by atoms with Crippen molar-refractivity contribution in [1.29, 1.82) is 0 Å². The first-order valence-electron chi connectivity index (χ1n) is 7.54. The first kappa shape index (κ1) is 15.9. The highest BCUT2D eigenvalue weighted by Crippen LogP contribution is 2.38. The molecular weight excluding hydrogens is 234 g/mol. The lowest BCUT2D eigenvalue weighted by Gasteiger charge is -2.32. The molecule has 0 saturated heterocycles.